The monoisotopic (exact) mass is 379 g/mol. The molecule has 7 heteroatoms. The molecule has 0 spiro atoms. The number of carbonyl (C=O) groups excluding carboxylic acids is 2. The van der Waals surface area contributed by atoms with Crippen LogP contribution >= 0.6 is 11.8 Å². The number of hydrogen-bond donors (Lipinski definition) is 1. The molecule has 0 unspecified atom stereocenters. The van der Waals surface area contributed by atoms with Crippen molar-refractivity contribution in [2.24, 2.45) is 0 Å². The lowest BCUT2D eigenvalue weighted by molar-refractivity contribution is -0.118. The van der Waals surface area contributed by atoms with Gasteiger partial charge in [0, 0.05) is 12.1 Å². The molecule has 1 aliphatic rings. The molecule has 4 rings (SSSR count). The van der Waals surface area contributed by atoms with E-state index in [0.717, 1.165) is 16.2 Å². The van der Waals surface area contributed by atoms with Gasteiger partial charge in [-0.1, -0.05) is 30.0 Å². The molecule has 0 atom stereocenters. The van der Waals surface area contributed by atoms with Crippen LogP contribution in [0, 0.1) is 0 Å². The van der Waals surface area contributed by atoms with Crippen molar-refractivity contribution in [3.05, 3.63) is 60.7 Å². The van der Waals surface area contributed by atoms with Gasteiger partial charge in [-0.3, -0.25) is 9.59 Å². The quantitative estimate of drug-likeness (QED) is 0.403. The Hall–Kier alpha value is -3.06. The Balaban J connectivity index is 1.54. The number of Topliss-reactive ketones (excluding diaryl/α,β-unsaturated/α-hetero) is 1. The Labute approximate surface area is 160 Å². The predicted molar refractivity (Wildman–Crippen MR) is 106 cm³/mol. The molecule has 6 nitrogen and oxygen atoms in total. The maximum absolute atomic E-state index is 12.6. The zero-order chi connectivity index (χ0) is 18.8. The van der Waals surface area contributed by atoms with Crippen molar-refractivity contribution in [3.63, 3.8) is 0 Å². The van der Waals surface area contributed by atoms with Crippen molar-refractivity contribution in [3.8, 4) is 5.75 Å². The Bertz CT molecular complexity index is 1060. The van der Waals surface area contributed by atoms with E-state index in [2.05, 4.69) is 16.9 Å². The van der Waals surface area contributed by atoms with Crippen LogP contribution in [0.2, 0.25) is 0 Å². The summed E-state index contributed by atoms with van der Waals surface area (Å²) in [7, 11) is 0. The highest BCUT2D eigenvalue weighted by Gasteiger charge is 2.18. The third-order valence-corrected chi connectivity index (χ3v) is 5.17. The molecule has 2 aromatic carbocycles. The Morgan fingerprint density at radius 3 is 3.04 bits per heavy atom. The number of ketones is 1. The van der Waals surface area contributed by atoms with E-state index in [9.17, 15) is 9.59 Å². The van der Waals surface area contributed by atoms with Crippen LogP contribution in [-0.4, -0.2) is 33.6 Å². The number of imidazole rings is 1. The van der Waals surface area contributed by atoms with Crippen molar-refractivity contribution >= 4 is 40.2 Å². The van der Waals surface area contributed by atoms with Crippen LogP contribution < -0.4 is 10.1 Å². The van der Waals surface area contributed by atoms with Gasteiger partial charge in [0.2, 0.25) is 0 Å². The first-order valence-corrected chi connectivity index (χ1v) is 9.43. The van der Waals surface area contributed by atoms with Gasteiger partial charge in [0.15, 0.2) is 17.5 Å². The highest BCUT2D eigenvalue weighted by Crippen LogP contribution is 2.30. The van der Waals surface area contributed by atoms with E-state index in [1.807, 2.05) is 34.9 Å². The van der Waals surface area contributed by atoms with Crippen LogP contribution in [0.25, 0.3) is 11.0 Å². The number of amides is 1. The lowest BCUT2D eigenvalue weighted by atomic mass is 10.1. The zero-order valence-electron chi connectivity index (χ0n) is 14.5. The fourth-order valence-corrected chi connectivity index (χ4v) is 3.86. The van der Waals surface area contributed by atoms with Gasteiger partial charge in [-0.05, 0) is 30.3 Å². The van der Waals surface area contributed by atoms with Crippen molar-refractivity contribution in [2.75, 3.05) is 17.7 Å². The van der Waals surface area contributed by atoms with Gasteiger partial charge in [-0.2, -0.15) is 0 Å². The number of aromatic nitrogens is 2. The Morgan fingerprint density at radius 2 is 2.19 bits per heavy atom. The molecular weight excluding hydrogens is 362 g/mol. The van der Waals surface area contributed by atoms with Crippen LogP contribution in [0.3, 0.4) is 0 Å². The van der Waals surface area contributed by atoms with Gasteiger partial charge in [0.25, 0.3) is 5.91 Å². The standard InChI is InChI=1S/C20H17N3O3S/c1-2-9-23-16-6-4-3-5-14(16)22-20(23)27-12-17(24)13-7-8-18-15(10-13)21-19(25)11-26-18/h2-8,10H,1,9,11-12H2,(H,21,25). The number of carbonyl (C=O) groups is 2. The molecule has 0 aliphatic carbocycles. The fourth-order valence-electron chi connectivity index (χ4n) is 2.94. The molecule has 3 aromatic rings. The van der Waals surface area contributed by atoms with Crippen molar-refractivity contribution in [1.82, 2.24) is 9.55 Å². The summed E-state index contributed by atoms with van der Waals surface area (Å²) in [5.74, 6) is 0.555. The van der Waals surface area contributed by atoms with Crippen LogP contribution in [-0.2, 0) is 11.3 Å². The van der Waals surface area contributed by atoms with E-state index >= 15 is 0 Å². The molecule has 0 saturated heterocycles. The van der Waals surface area contributed by atoms with E-state index < -0.39 is 0 Å². The molecule has 1 amide bonds. The fraction of sp³-hybridized carbons (Fsp3) is 0.150. The Morgan fingerprint density at radius 1 is 1.33 bits per heavy atom. The van der Waals surface area contributed by atoms with Gasteiger partial charge >= 0.3 is 0 Å². The third-order valence-electron chi connectivity index (χ3n) is 4.20. The number of anilines is 1. The second-order valence-electron chi connectivity index (χ2n) is 6.04. The number of fused-ring (bicyclic) bond motifs is 2. The SMILES string of the molecule is C=CCn1c(SCC(=O)c2ccc3c(c2)NC(=O)CO3)nc2ccccc21. The van der Waals surface area contributed by atoms with Crippen molar-refractivity contribution in [1.29, 1.82) is 0 Å². The van der Waals surface area contributed by atoms with Crippen LogP contribution in [0.15, 0.2) is 60.3 Å². The summed E-state index contributed by atoms with van der Waals surface area (Å²) in [5.41, 5.74) is 2.96. The highest BCUT2D eigenvalue weighted by molar-refractivity contribution is 7.99. The lowest BCUT2D eigenvalue weighted by Gasteiger charge is -2.18. The molecule has 136 valence electrons. The molecule has 0 fully saturated rings. The molecule has 1 aromatic heterocycles. The summed E-state index contributed by atoms with van der Waals surface area (Å²) in [5, 5.41) is 3.50. The van der Waals surface area contributed by atoms with Gasteiger partial charge < -0.3 is 14.6 Å². The topological polar surface area (TPSA) is 73.2 Å². The van der Waals surface area contributed by atoms with E-state index in [1.165, 1.54) is 11.8 Å². The zero-order valence-corrected chi connectivity index (χ0v) is 15.3. The summed E-state index contributed by atoms with van der Waals surface area (Å²) >= 11 is 1.39. The minimum absolute atomic E-state index is 0.00430. The second kappa shape index (κ2) is 7.28. The normalized spacial score (nSPS) is 13.0. The number of benzene rings is 2. The van der Waals surface area contributed by atoms with Gasteiger partial charge in [-0.15, -0.1) is 6.58 Å². The second-order valence-corrected chi connectivity index (χ2v) is 6.98. The maximum atomic E-state index is 12.6. The number of nitrogens with zero attached hydrogens (tertiary/aromatic N) is 2. The molecule has 2 heterocycles. The summed E-state index contributed by atoms with van der Waals surface area (Å²) < 4.78 is 7.37. The lowest BCUT2D eigenvalue weighted by Crippen LogP contribution is -2.25. The Kier molecular flexibility index (Phi) is 4.68. The van der Waals surface area contributed by atoms with E-state index in [-0.39, 0.29) is 24.1 Å². The largest absolute Gasteiger partial charge is 0.482 e. The molecule has 1 aliphatic heterocycles. The van der Waals surface area contributed by atoms with E-state index in [4.69, 9.17) is 4.74 Å². The van der Waals surface area contributed by atoms with E-state index in [0.29, 0.717) is 23.5 Å². The summed E-state index contributed by atoms with van der Waals surface area (Å²) in [6.07, 6.45) is 1.81. The average Bonchev–Trinajstić information content (AvgIpc) is 3.03. The number of nitrogens with one attached hydrogen (secondary N) is 1. The number of allylic oxidation sites excluding steroid dienone is 1. The highest BCUT2D eigenvalue weighted by atomic mass is 32.2. The minimum atomic E-state index is -0.223. The van der Waals surface area contributed by atoms with Crippen molar-refractivity contribution in [2.45, 2.75) is 11.7 Å². The first-order chi connectivity index (χ1) is 13.2. The molecule has 0 radical (unpaired) electrons. The minimum Gasteiger partial charge on any atom is -0.482 e. The van der Waals surface area contributed by atoms with Crippen LogP contribution in [0.1, 0.15) is 10.4 Å². The molecule has 1 N–H and O–H groups in total. The molecule has 27 heavy (non-hydrogen) atoms. The van der Waals surface area contributed by atoms with Crippen LogP contribution in [0.5, 0.6) is 5.75 Å². The number of ether oxygens (including phenoxy) is 1. The van der Waals surface area contributed by atoms with E-state index in [1.54, 1.807) is 18.2 Å². The molecule has 0 saturated carbocycles. The van der Waals surface area contributed by atoms with Gasteiger partial charge in [0.05, 0.1) is 22.5 Å². The number of para-hydroxylation sites is 2. The number of hydrogen-bond acceptors (Lipinski definition) is 5. The predicted octanol–water partition coefficient (Wildman–Crippen LogP) is 3.53. The third kappa shape index (κ3) is 3.46. The number of rotatable bonds is 6. The molecule has 0 bridgehead atoms. The molecular formula is C20H17N3O3S. The first-order valence-electron chi connectivity index (χ1n) is 8.44. The number of thioether (sulfide) groups is 1. The summed E-state index contributed by atoms with van der Waals surface area (Å²) in [6, 6.07) is 12.9. The van der Waals surface area contributed by atoms with Gasteiger partial charge in [0.1, 0.15) is 5.75 Å². The van der Waals surface area contributed by atoms with Gasteiger partial charge in [-0.25, -0.2) is 4.98 Å². The van der Waals surface area contributed by atoms with Crippen molar-refractivity contribution < 1.29 is 14.3 Å². The smallest absolute Gasteiger partial charge is 0.262 e. The average molecular weight is 379 g/mol. The summed E-state index contributed by atoms with van der Waals surface area (Å²) in [4.78, 5) is 28.7. The maximum Gasteiger partial charge on any atom is 0.262 e. The summed E-state index contributed by atoms with van der Waals surface area (Å²) in [6.45, 7) is 4.42. The van der Waals surface area contributed by atoms with Crippen LogP contribution in [0.4, 0.5) is 5.69 Å². The first kappa shape index (κ1) is 17.4.